The van der Waals surface area contributed by atoms with Gasteiger partial charge in [-0.2, -0.15) is 10.5 Å². The molecule has 10 nitrogen and oxygen atoms in total. The summed E-state index contributed by atoms with van der Waals surface area (Å²) in [6.07, 6.45) is 2.83. The van der Waals surface area contributed by atoms with E-state index in [1.807, 2.05) is 0 Å². The van der Waals surface area contributed by atoms with Crippen LogP contribution in [0.25, 0.3) is 0 Å². The standard InChI is InChI=1S/C27H22N8O2S2/c28-14-20-7-3-1-5-16(20)12-22(36)30-26-34-32-24(38-26)18-9-10-19(11-18)25-33-35-27(39-25)31-23(37)13-17-6-2-4-8-21(17)15-29/h1-8,18-19H,9-13H2,(H,30,34,36)(H,31,35,37). The van der Waals surface area contributed by atoms with Gasteiger partial charge in [0.2, 0.25) is 22.1 Å². The van der Waals surface area contributed by atoms with Crippen LogP contribution in [0.1, 0.15) is 63.4 Å². The summed E-state index contributed by atoms with van der Waals surface area (Å²) in [5.74, 6) is -0.0997. The maximum Gasteiger partial charge on any atom is 0.230 e. The molecule has 194 valence electrons. The first-order valence-electron chi connectivity index (χ1n) is 12.2. The van der Waals surface area contributed by atoms with Crippen LogP contribution in [0.5, 0.6) is 0 Å². The number of nitrogens with zero attached hydrogens (tertiary/aromatic N) is 6. The predicted molar refractivity (Wildman–Crippen MR) is 146 cm³/mol. The molecule has 0 bridgehead atoms. The highest BCUT2D eigenvalue weighted by Gasteiger charge is 2.32. The van der Waals surface area contributed by atoms with Crippen LogP contribution in [0.3, 0.4) is 0 Å². The molecule has 12 heteroatoms. The fraction of sp³-hybridized carbons (Fsp3) is 0.259. The quantitative estimate of drug-likeness (QED) is 0.321. The van der Waals surface area contributed by atoms with Crippen molar-refractivity contribution in [2.24, 2.45) is 0 Å². The van der Waals surface area contributed by atoms with Crippen LogP contribution >= 0.6 is 22.7 Å². The molecule has 0 saturated heterocycles. The number of nitrogens with one attached hydrogen (secondary N) is 2. The van der Waals surface area contributed by atoms with Crippen LogP contribution in [0, 0.1) is 22.7 Å². The first kappa shape index (κ1) is 26.1. The van der Waals surface area contributed by atoms with Crippen molar-refractivity contribution in [1.29, 1.82) is 10.5 Å². The lowest BCUT2D eigenvalue weighted by Gasteiger charge is -2.05. The minimum atomic E-state index is -0.246. The first-order valence-corrected chi connectivity index (χ1v) is 13.9. The number of nitriles is 2. The van der Waals surface area contributed by atoms with E-state index in [9.17, 15) is 20.1 Å². The Balaban J connectivity index is 1.14. The van der Waals surface area contributed by atoms with Gasteiger partial charge in [-0.1, -0.05) is 59.1 Å². The van der Waals surface area contributed by atoms with Crippen LogP contribution in [0.15, 0.2) is 48.5 Å². The van der Waals surface area contributed by atoms with Crippen molar-refractivity contribution in [2.45, 2.75) is 43.9 Å². The number of carbonyl (C=O) groups is 2. The number of carbonyl (C=O) groups excluding carboxylic acids is 2. The minimum absolute atomic E-state index is 0.0882. The van der Waals surface area contributed by atoms with Crippen molar-refractivity contribution in [3.63, 3.8) is 0 Å². The summed E-state index contributed by atoms with van der Waals surface area (Å²) >= 11 is 2.72. The van der Waals surface area contributed by atoms with Crippen LogP contribution in [0.4, 0.5) is 10.3 Å². The Labute approximate surface area is 232 Å². The highest BCUT2D eigenvalue weighted by Crippen LogP contribution is 2.45. The lowest BCUT2D eigenvalue weighted by Crippen LogP contribution is -2.14. The zero-order valence-corrected chi connectivity index (χ0v) is 22.3. The molecule has 39 heavy (non-hydrogen) atoms. The number of anilines is 2. The molecule has 0 aliphatic heterocycles. The summed E-state index contributed by atoms with van der Waals surface area (Å²) in [5.41, 5.74) is 2.29. The van der Waals surface area contributed by atoms with E-state index in [1.165, 1.54) is 22.7 Å². The van der Waals surface area contributed by atoms with Gasteiger partial charge in [-0.15, -0.1) is 20.4 Å². The first-order chi connectivity index (χ1) is 19.0. The summed E-state index contributed by atoms with van der Waals surface area (Å²) in [6.45, 7) is 0. The predicted octanol–water partition coefficient (Wildman–Crippen LogP) is 4.55. The van der Waals surface area contributed by atoms with Crippen LogP contribution in [0.2, 0.25) is 0 Å². The van der Waals surface area contributed by atoms with Gasteiger partial charge < -0.3 is 10.6 Å². The van der Waals surface area contributed by atoms with E-state index in [1.54, 1.807) is 48.5 Å². The van der Waals surface area contributed by atoms with Gasteiger partial charge in [0.1, 0.15) is 10.0 Å². The molecule has 4 aromatic rings. The second kappa shape index (κ2) is 11.9. The monoisotopic (exact) mass is 554 g/mol. The molecule has 2 amide bonds. The molecule has 1 aliphatic carbocycles. The molecule has 2 heterocycles. The van der Waals surface area contributed by atoms with Crippen molar-refractivity contribution in [1.82, 2.24) is 20.4 Å². The minimum Gasteiger partial charge on any atom is -0.300 e. The van der Waals surface area contributed by atoms with Crippen molar-refractivity contribution < 1.29 is 9.59 Å². The molecule has 2 atom stereocenters. The highest BCUT2D eigenvalue weighted by molar-refractivity contribution is 7.15. The maximum absolute atomic E-state index is 12.5. The molecule has 5 rings (SSSR count). The van der Waals surface area contributed by atoms with Crippen molar-refractivity contribution in [2.75, 3.05) is 10.6 Å². The van der Waals surface area contributed by atoms with E-state index in [4.69, 9.17) is 0 Å². The molecular formula is C27H22N8O2S2. The number of amides is 2. The van der Waals surface area contributed by atoms with Gasteiger partial charge in [0, 0.05) is 11.8 Å². The van der Waals surface area contributed by atoms with Gasteiger partial charge in [-0.3, -0.25) is 9.59 Å². The summed E-state index contributed by atoms with van der Waals surface area (Å²) in [6, 6.07) is 18.2. The Morgan fingerprint density at radius 3 is 1.62 bits per heavy atom. The highest BCUT2D eigenvalue weighted by atomic mass is 32.1. The van der Waals surface area contributed by atoms with E-state index in [0.717, 1.165) is 29.3 Å². The maximum atomic E-state index is 12.5. The Kier molecular flexibility index (Phi) is 7.96. The fourth-order valence-electron chi connectivity index (χ4n) is 4.57. The Bertz CT molecular complexity index is 1480. The third kappa shape index (κ3) is 6.32. The SMILES string of the molecule is N#Cc1ccccc1CC(=O)Nc1nnc(C2CCC(c3nnc(NC(=O)Cc4ccccc4C#N)s3)C2)s1. The van der Waals surface area contributed by atoms with Gasteiger partial charge in [0.25, 0.3) is 0 Å². The zero-order valence-electron chi connectivity index (χ0n) is 20.6. The third-order valence-electron chi connectivity index (χ3n) is 6.48. The average Bonchev–Trinajstić information content (AvgIpc) is 3.70. The van der Waals surface area contributed by atoms with Gasteiger partial charge in [-0.05, 0) is 42.5 Å². The summed E-state index contributed by atoms with van der Waals surface area (Å²) in [4.78, 5) is 25.0. The third-order valence-corrected chi connectivity index (χ3v) is 8.49. The zero-order chi connectivity index (χ0) is 27.2. The molecule has 1 saturated carbocycles. The van der Waals surface area contributed by atoms with Crippen molar-refractivity contribution in [3.05, 3.63) is 80.8 Å². The van der Waals surface area contributed by atoms with Gasteiger partial charge in [0.05, 0.1) is 36.1 Å². The molecular weight excluding hydrogens is 532 g/mol. The number of aromatic nitrogens is 4. The lowest BCUT2D eigenvalue weighted by molar-refractivity contribution is -0.116. The molecule has 2 aromatic carbocycles. The number of benzene rings is 2. The largest absolute Gasteiger partial charge is 0.300 e. The number of hydrogen-bond donors (Lipinski definition) is 2. The molecule has 2 unspecified atom stereocenters. The molecule has 0 spiro atoms. The molecule has 1 aliphatic rings. The Morgan fingerprint density at radius 1 is 0.744 bits per heavy atom. The lowest BCUT2D eigenvalue weighted by atomic mass is 10.1. The number of hydrogen-bond acceptors (Lipinski definition) is 10. The van der Waals surface area contributed by atoms with Crippen molar-refractivity contribution in [3.8, 4) is 12.1 Å². The Morgan fingerprint density at radius 2 is 1.18 bits per heavy atom. The number of rotatable bonds is 8. The van der Waals surface area contributed by atoms with E-state index < -0.39 is 0 Å². The van der Waals surface area contributed by atoms with Crippen molar-refractivity contribution >= 4 is 44.8 Å². The van der Waals surface area contributed by atoms with Gasteiger partial charge in [-0.25, -0.2) is 0 Å². The summed E-state index contributed by atoms with van der Waals surface area (Å²) < 4.78 is 0. The van der Waals surface area contributed by atoms with Crippen LogP contribution < -0.4 is 10.6 Å². The Hall–Kier alpha value is -4.52. The van der Waals surface area contributed by atoms with Gasteiger partial charge >= 0.3 is 0 Å². The fourth-order valence-corrected chi connectivity index (χ4v) is 6.38. The second-order valence-electron chi connectivity index (χ2n) is 9.09. The van der Waals surface area contributed by atoms with E-state index in [2.05, 4.69) is 43.2 Å². The molecule has 2 N–H and O–H groups in total. The molecule has 1 fully saturated rings. The van der Waals surface area contributed by atoms with Crippen LogP contribution in [-0.2, 0) is 22.4 Å². The normalized spacial score (nSPS) is 16.3. The van der Waals surface area contributed by atoms with E-state index >= 15 is 0 Å². The van der Waals surface area contributed by atoms with E-state index in [-0.39, 0.29) is 36.5 Å². The summed E-state index contributed by atoms with van der Waals surface area (Å²) in [7, 11) is 0. The van der Waals surface area contributed by atoms with Gasteiger partial charge in [0.15, 0.2) is 0 Å². The molecule has 0 radical (unpaired) electrons. The van der Waals surface area contributed by atoms with Crippen LogP contribution in [-0.4, -0.2) is 32.2 Å². The smallest absolute Gasteiger partial charge is 0.230 e. The van der Waals surface area contributed by atoms with E-state index in [0.29, 0.717) is 32.5 Å². The second-order valence-corrected chi connectivity index (χ2v) is 11.1. The average molecular weight is 555 g/mol. The summed E-state index contributed by atoms with van der Waals surface area (Å²) in [5, 5.41) is 43.5. The molecule has 2 aromatic heterocycles. The topological polar surface area (TPSA) is 157 Å².